The van der Waals surface area contributed by atoms with Crippen molar-refractivity contribution in [1.82, 2.24) is 0 Å². The van der Waals surface area contributed by atoms with Gasteiger partial charge in [-0.2, -0.15) is 0 Å². The highest BCUT2D eigenvalue weighted by Gasteiger charge is 2.63. The van der Waals surface area contributed by atoms with Crippen molar-refractivity contribution in [2.24, 2.45) is 34.0 Å². The van der Waals surface area contributed by atoms with E-state index >= 15 is 0 Å². The van der Waals surface area contributed by atoms with Crippen LogP contribution in [0.15, 0.2) is 23.7 Å². The van der Waals surface area contributed by atoms with Gasteiger partial charge >= 0.3 is 0 Å². The fraction of sp³-hybridized carbons (Fsp3) is 0.826. The molecule has 0 aromatic heterocycles. The fourth-order valence-electron chi connectivity index (χ4n) is 7.50. The van der Waals surface area contributed by atoms with Crippen LogP contribution in [-0.4, -0.2) is 26.9 Å². The topological polar surface area (TPSA) is 27.7 Å². The quantitative estimate of drug-likeness (QED) is 0.666. The lowest BCUT2D eigenvalue weighted by Crippen LogP contribution is -2.62. The van der Waals surface area contributed by atoms with Crippen molar-refractivity contribution in [2.75, 3.05) is 20.8 Å². The second-order valence-corrected chi connectivity index (χ2v) is 10.3. The van der Waals surface area contributed by atoms with Gasteiger partial charge in [0, 0.05) is 6.08 Å². The third-order valence-electron chi connectivity index (χ3n) is 8.73. The Morgan fingerprint density at radius 1 is 0.962 bits per heavy atom. The molecule has 146 valence electrons. The normalized spacial score (nSPS) is 46.8. The Labute approximate surface area is 159 Å². The molecule has 0 spiro atoms. The van der Waals surface area contributed by atoms with Gasteiger partial charge < -0.3 is 14.2 Å². The Morgan fingerprint density at radius 3 is 2.42 bits per heavy atom. The molecule has 0 aromatic rings. The molecule has 3 nitrogen and oxygen atoms in total. The van der Waals surface area contributed by atoms with E-state index in [-0.39, 0.29) is 11.5 Å². The van der Waals surface area contributed by atoms with E-state index in [0.717, 1.165) is 24.0 Å². The van der Waals surface area contributed by atoms with Crippen molar-refractivity contribution in [2.45, 2.75) is 65.9 Å². The van der Waals surface area contributed by atoms with Gasteiger partial charge in [-0.1, -0.05) is 34.1 Å². The lowest BCUT2D eigenvalue weighted by molar-refractivity contribution is -0.217. The summed E-state index contributed by atoms with van der Waals surface area (Å²) in [5.74, 6) is 3.59. The molecule has 4 aliphatic rings. The van der Waals surface area contributed by atoms with Gasteiger partial charge in [-0.05, 0) is 59.8 Å². The molecule has 3 heteroatoms. The molecule has 3 aliphatic carbocycles. The van der Waals surface area contributed by atoms with Crippen molar-refractivity contribution < 1.29 is 14.2 Å². The summed E-state index contributed by atoms with van der Waals surface area (Å²) in [5, 5.41) is 0. The molecule has 0 bridgehead atoms. The lowest BCUT2D eigenvalue weighted by Gasteiger charge is -2.66. The summed E-state index contributed by atoms with van der Waals surface area (Å²) in [4.78, 5) is 0. The van der Waals surface area contributed by atoms with Gasteiger partial charge in [0.05, 0.1) is 32.8 Å². The highest BCUT2D eigenvalue weighted by molar-refractivity contribution is 5.30. The van der Waals surface area contributed by atoms with Crippen LogP contribution in [0.3, 0.4) is 0 Å². The van der Waals surface area contributed by atoms with E-state index in [0.29, 0.717) is 22.7 Å². The van der Waals surface area contributed by atoms with Crippen molar-refractivity contribution in [1.29, 1.82) is 0 Å². The van der Waals surface area contributed by atoms with E-state index in [9.17, 15) is 0 Å². The van der Waals surface area contributed by atoms with Gasteiger partial charge in [-0.25, -0.2) is 0 Å². The maximum Gasteiger partial charge on any atom is 0.120 e. The zero-order valence-corrected chi connectivity index (χ0v) is 17.4. The second kappa shape index (κ2) is 6.02. The van der Waals surface area contributed by atoms with Crippen LogP contribution in [-0.2, 0) is 14.2 Å². The van der Waals surface area contributed by atoms with Gasteiger partial charge in [0.15, 0.2) is 0 Å². The van der Waals surface area contributed by atoms with Crippen LogP contribution >= 0.6 is 0 Å². The molecule has 0 N–H and O–H groups in total. The average molecular weight is 361 g/mol. The number of methoxy groups -OCH3 is 2. The fourth-order valence-corrected chi connectivity index (χ4v) is 7.50. The SMILES string of the molecule is COC1=CC2OC[C@@H]3[C@@]4(C)CCCC(C)(C)[C@@H]4CC[C@@]3(C)C2C(OC)=C1. The summed E-state index contributed by atoms with van der Waals surface area (Å²) >= 11 is 0. The Hall–Kier alpha value is -0.960. The highest BCUT2D eigenvalue weighted by Crippen LogP contribution is 2.68. The summed E-state index contributed by atoms with van der Waals surface area (Å²) in [7, 11) is 3.52. The maximum atomic E-state index is 6.49. The third-order valence-corrected chi connectivity index (χ3v) is 8.73. The van der Waals surface area contributed by atoms with Crippen LogP contribution in [0.4, 0.5) is 0 Å². The minimum absolute atomic E-state index is 0.0721. The van der Waals surface area contributed by atoms with E-state index in [1.54, 1.807) is 14.2 Å². The number of hydrogen-bond acceptors (Lipinski definition) is 3. The zero-order chi connectivity index (χ0) is 18.7. The minimum atomic E-state index is 0.0721. The molecule has 2 unspecified atom stereocenters. The zero-order valence-electron chi connectivity index (χ0n) is 17.4. The molecule has 0 aromatic carbocycles. The molecule has 2 saturated carbocycles. The van der Waals surface area contributed by atoms with Crippen molar-refractivity contribution in [3.05, 3.63) is 23.7 Å². The number of allylic oxidation sites excluding steroid dienone is 1. The number of ether oxygens (including phenoxy) is 3. The molecule has 4 rings (SSSR count). The van der Waals surface area contributed by atoms with Gasteiger partial charge in [0.1, 0.15) is 11.5 Å². The molecule has 26 heavy (non-hydrogen) atoms. The molecule has 3 fully saturated rings. The van der Waals surface area contributed by atoms with Crippen LogP contribution in [0.1, 0.15) is 59.8 Å². The Morgan fingerprint density at radius 2 is 1.73 bits per heavy atom. The second-order valence-electron chi connectivity index (χ2n) is 10.3. The Kier molecular flexibility index (Phi) is 4.26. The first-order valence-electron chi connectivity index (χ1n) is 10.4. The maximum absolute atomic E-state index is 6.49. The van der Waals surface area contributed by atoms with Crippen LogP contribution < -0.4 is 0 Å². The van der Waals surface area contributed by atoms with Gasteiger partial charge in [-0.3, -0.25) is 0 Å². The summed E-state index contributed by atoms with van der Waals surface area (Å²) in [6, 6.07) is 0. The van der Waals surface area contributed by atoms with Crippen molar-refractivity contribution >= 4 is 0 Å². The first kappa shape index (κ1) is 18.4. The molecule has 1 saturated heterocycles. The van der Waals surface area contributed by atoms with Crippen molar-refractivity contribution in [3.63, 3.8) is 0 Å². The summed E-state index contributed by atoms with van der Waals surface area (Å²) in [6.07, 6.45) is 11.0. The predicted octanol–water partition coefficient (Wildman–Crippen LogP) is 5.32. The van der Waals surface area contributed by atoms with Gasteiger partial charge in [0.2, 0.25) is 0 Å². The largest absolute Gasteiger partial charge is 0.501 e. The molecule has 0 radical (unpaired) electrons. The number of rotatable bonds is 2. The first-order valence-corrected chi connectivity index (χ1v) is 10.4. The molecule has 0 amide bonds. The lowest BCUT2D eigenvalue weighted by atomic mass is 9.41. The van der Waals surface area contributed by atoms with E-state index < -0.39 is 0 Å². The van der Waals surface area contributed by atoms with E-state index in [2.05, 4.69) is 39.8 Å². The number of hydrogen-bond donors (Lipinski definition) is 0. The van der Waals surface area contributed by atoms with E-state index in [1.807, 2.05) is 0 Å². The van der Waals surface area contributed by atoms with E-state index in [1.165, 1.54) is 32.1 Å². The van der Waals surface area contributed by atoms with Crippen molar-refractivity contribution in [3.8, 4) is 0 Å². The third kappa shape index (κ3) is 2.42. The first-order chi connectivity index (χ1) is 12.3. The predicted molar refractivity (Wildman–Crippen MR) is 103 cm³/mol. The smallest absolute Gasteiger partial charge is 0.120 e. The molecular formula is C23H36O3. The summed E-state index contributed by atoms with van der Waals surface area (Å²) in [5.41, 5.74) is 1.03. The number of fused-ring (bicyclic) bond motifs is 5. The van der Waals surface area contributed by atoms with Crippen LogP contribution in [0, 0.1) is 34.0 Å². The summed E-state index contributed by atoms with van der Waals surface area (Å²) < 4.78 is 17.9. The Bertz CT molecular complexity index is 633. The monoisotopic (exact) mass is 360 g/mol. The van der Waals surface area contributed by atoms with Crippen LogP contribution in [0.5, 0.6) is 0 Å². The van der Waals surface area contributed by atoms with Crippen LogP contribution in [0.25, 0.3) is 0 Å². The minimum Gasteiger partial charge on any atom is -0.501 e. The van der Waals surface area contributed by atoms with Crippen LogP contribution in [0.2, 0.25) is 0 Å². The van der Waals surface area contributed by atoms with Gasteiger partial charge in [-0.15, -0.1) is 0 Å². The molecular weight excluding hydrogens is 324 g/mol. The molecule has 6 atom stereocenters. The van der Waals surface area contributed by atoms with E-state index in [4.69, 9.17) is 14.2 Å². The average Bonchev–Trinajstić information content (AvgIpc) is 2.59. The highest BCUT2D eigenvalue weighted by atomic mass is 16.5. The molecule has 1 heterocycles. The van der Waals surface area contributed by atoms with Gasteiger partial charge in [0.25, 0.3) is 0 Å². The summed E-state index contributed by atoms with van der Waals surface area (Å²) in [6.45, 7) is 10.9. The Balaban J connectivity index is 1.74. The standard InChI is InChI=1S/C23H36O3/c1-21(2)9-7-10-22(3)18(21)8-11-23(4)19(22)14-26-17-13-15(24-5)12-16(25-6)20(17)23/h12-13,17-20H,7-11,14H2,1-6H3/t17?,18-,19+,20?,22-,23+/m0/s1. The molecule has 1 aliphatic heterocycles.